The number of ketones is 1. The minimum Gasteiger partial charge on any atom is -0.481 e. The zero-order valence-corrected chi connectivity index (χ0v) is 24.1. The number of aliphatic hydroxyl groups is 1. The molecule has 5 aliphatic carbocycles. The molecule has 0 aromatic heterocycles. The average Bonchev–Trinajstić information content (AvgIpc) is 2.76. The van der Waals surface area contributed by atoms with E-state index in [9.17, 15) is 19.8 Å². The van der Waals surface area contributed by atoms with Crippen LogP contribution >= 0.6 is 0 Å². The molecule has 5 rings (SSSR count). The van der Waals surface area contributed by atoms with E-state index >= 15 is 0 Å². The van der Waals surface area contributed by atoms with Crippen molar-refractivity contribution in [2.24, 2.45) is 50.2 Å². The number of carboxylic acid groups (broad SMARTS) is 1. The highest BCUT2D eigenvalue weighted by molar-refractivity contribution is 5.86. The van der Waals surface area contributed by atoms with Gasteiger partial charge in [0.2, 0.25) is 0 Å². The van der Waals surface area contributed by atoms with E-state index in [0.717, 1.165) is 57.8 Å². The summed E-state index contributed by atoms with van der Waals surface area (Å²) in [5.74, 6) is 0.234. The van der Waals surface area contributed by atoms with Gasteiger partial charge in [-0.15, -0.1) is 0 Å². The number of rotatable bonds is 2. The number of aliphatic carboxylic acids is 1. The molecule has 0 aromatic carbocycles. The van der Waals surface area contributed by atoms with Gasteiger partial charge in [0.15, 0.2) is 5.78 Å². The number of fused-ring (bicyclic) bond motifs is 7. The minimum atomic E-state index is -1.25. The van der Waals surface area contributed by atoms with Crippen LogP contribution in [0.25, 0.3) is 0 Å². The molecule has 8 atom stereocenters. The highest BCUT2D eigenvalue weighted by Gasteiger charge is 2.71. The molecule has 5 aliphatic rings. The monoisotopic (exact) mass is 498 g/mol. The summed E-state index contributed by atoms with van der Waals surface area (Å²) in [5, 5.41) is 22.1. The van der Waals surface area contributed by atoms with E-state index in [-0.39, 0.29) is 33.4 Å². The van der Waals surface area contributed by atoms with Gasteiger partial charge in [-0.3, -0.25) is 9.59 Å². The standard InChI is InChI=1S/C32H50O4/c1-20(33)32(36)18-14-28(6)23(27(32,4)5)11-12-30(8)24(28)10-9-21-22-19-26(2,3)13-16-31(22,25(34)35)17-15-29(21,30)7/h9,22-24,36H,10-19H2,1-8H3,(H,34,35)/t22-,23-,24-,28-,29+,30+,31-,32+/m0/s1. The quantitative estimate of drug-likeness (QED) is 0.395. The maximum absolute atomic E-state index is 12.8. The fraction of sp³-hybridized carbons (Fsp3) is 0.875. The van der Waals surface area contributed by atoms with Gasteiger partial charge in [-0.05, 0) is 111 Å². The zero-order chi connectivity index (χ0) is 26.7. The van der Waals surface area contributed by atoms with E-state index in [1.165, 1.54) is 5.57 Å². The van der Waals surface area contributed by atoms with Crippen molar-refractivity contribution in [1.82, 2.24) is 0 Å². The number of hydrogen-bond acceptors (Lipinski definition) is 3. The molecule has 36 heavy (non-hydrogen) atoms. The first-order chi connectivity index (χ1) is 16.4. The molecule has 0 spiro atoms. The van der Waals surface area contributed by atoms with Gasteiger partial charge in [0.1, 0.15) is 5.60 Å². The molecule has 2 N–H and O–H groups in total. The smallest absolute Gasteiger partial charge is 0.310 e. The van der Waals surface area contributed by atoms with Crippen molar-refractivity contribution in [3.8, 4) is 0 Å². The Hall–Kier alpha value is -1.16. The Morgan fingerprint density at radius 3 is 2.11 bits per heavy atom. The van der Waals surface area contributed by atoms with Crippen LogP contribution < -0.4 is 0 Å². The molecule has 0 bridgehead atoms. The second-order valence-corrected chi connectivity index (χ2v) is 15.8. The highest BCUT2D eigenvalue weighted by Crippen LogP contribution is 2.76. The molecule has 0 saturated heterocycles. The highest BCUT2D eigenvalue weighted by atomic mass is 16.4. The number of carboxylic acids is 1. The Morgan fingerprint density at radius 2 is 1.50 bits per heavy atom. The van der Waals surface area contributed by atoms with Crippen molar-refractivity contribution in [3.63, 3.8) is 0 Å². The van der Waals surface area contributed by atoms with Gasteiger partial charge in [0.25, 0.3) is 0 Å². The lowest BCUT2D eigenvalue weighted by Gasteiger charge is -2.72. The second kappa shape index (κ2) is 7.48. The predicted octanol–water partition coefficient (Wildman–Crippen LogP) is 7.19. The lowest BCUT2D eigenvalue weighted by atomic mass is 9.32. The van der Waals surface area contributed by atoms with Crippen LogP contribution in [0.2, 0.25) is 0 Å². The van der Waals surface area contributed by atoms with Crippen molar-refractivity contribution < 1.29 is 19.8 Å². The molecule has 0 heterocycles. The summed E-state index contributed by atoms with van der Waals surface area (Å²) in [4.78, 5) is 25.5. The summed E-state index contributed by atoms with van der Waals surface area (Å²) in [7, 11) is 0. The van der Waals surface area contributed by atoms with Gasteiger partial charge in [-0.2, -0.15) is 0 Å². The Balaban J connectivity index is 1.59. The third kappa shape index (κ3) is 2.97. The third-order valence-corrected chi connectivity index (χ3v) is 13.9. The molecular formula is C32H50O4. The SMILES string of the molecule is CC(=O)[C@]1(O)CC[C@@]2(C)[C@@H](CC[C@]3(C)[C@H]2CC=C2[C@@H]4CC(C)(C)CC[C@]4(C(=O)O)CC[C@]23C)C1(C)C. The summed E-state index contributed by atoms with van der Waals surface area (Å²) in [6.07, 6.45) is 11.5. The Kier molecular flexibility index (Phi) is 5.50. The third-order valence-electron chi connectivity index (χ3n) is 13.9. The van der Waals surface area contributed by atoms with Crippen LogP contribution in [0, 0.1) is 50.2 Å². The van der Waals surface area contributed by atoms with Gasteiger partial charge in [0, 0.05) is 5.41 Å². The maximum Gasteiger partial charge on any atom is 0.310 e. The van der Waals surface area contributed by atoms with Gasteiger partial charge in [0.05, 0.1) is 5.41 Å². The molecule has 0 aliphatic heterocycles. The summed E-state index contributed by atoms with van der Waals surface area (Å²) in [6, 6.07) is 0. The van der Waals surface area contributed by atoms with E-state index in [0.29, 0.717) is 18.3 Å². The van der Waals surface area contributed by atoms with Crippen LogP contribution in [0.5, 0.6) is 0 Å². The molecule has 4 fully saturated rings. The van der Waals surface area contributed by atoms with Crippen LogP contribution in [0.4, 0.5) is 0 Å². The number of hydrogen-bond donors (Lipinski definition) is 2. The number of Topliss-reactive ketones (excluding diaryl/α,β-unsaturated/α-hetero) is 1. The number of allylic oxidation sites excluding steroid dienone is 2. The lowest BCUT2D eigenvalue weighted by molar-refractivity contribution is -0.230. The van der Waals surface area contributed by atoms with E-state index in [1.807, 2.05) is 0 Å². The van der Waals surface area contributed by atoms with Gasteiger partial charge >= 0.3 is 5.97 Å². The first-order valence-corrected chi connectivity index (χ1v) is 14.6. The molecule has 4 saturated carbocycles. The Morgan fingerprint density at radius 1 is 0.861 bits per heavy atom. The van der Waals surface area contributed by atoms with Crippen LogP contribution in [-0.2, 0) is 9.59 Å². The largest absolute Gasteiger partial charge is 0.481 e. The van der Waals surface area contributed by atoms with Gasteiger partial charge in [-0.1, -0.05) is 60.1 Å². The number of carbonyl (C=O) groups excluding carboxylic acids is 1. The Labute approximate surface area is 218 Å². The van der Waals surface area contributed by atoms with E-state index in [1.54, 1.807) is 6.92 Å². The first kappa shape index (κ1) is 26.4. The second-order valence-electron chi connectivity index (χ2n) is 15.8. The molecule has 4 heteroatoms. The molecular weight excluding hydrogens is 448 g/mol. The fourth-order valence-electron chi connectivity index (χ4n) is 11.2. The van der Waals surface area contributed by atoms with Crippen molar-refractivity contribution >= 4 is 11.8 Å². The Bertz CT molecular complexity index is 1020. The van der Waals surface area contributed by atoms with Crippen molar-refractivity contribution in [2.75, 3.05) is 0 Å². The van der Waals surface area contributed by atoms with Crippen LogP contribution in [0.1, 0.15) is 120 Å². The lowest BCUT2D eigenvalue weighted by Crippen LogP contribution is -2.68. The molecule has 0 unspecified atom stereocenters. The molecule has 4 nitrogen and oxygen atoms in total. The van der Waals surface area contributed by atoms with Crippen molar-refractivity contribution in [3.05, 3.63) is 11.6 Å². The van der Waals surface area contributed by atoms with E-state index in [2.05, 4.69) is 54.5 Å². The van der Waals surface area contributed by atoms with Gasteiger partial charge in [-0.25, -0.2) is 0 Å². The summed E-state index contributed by atoms with van der Waals surface area (Å²) in [6.45, 7) is 17.9. The number of carbonyl (C=O) groups is 2. The van der Waals surface area contributed by atoms with Crippen molar-refractivity contribution in [2.45, 2.75) is 125 Å². The summed E-state index contributed by atoms with van der Waals surface area (Å²) >= 11 is 0. The molecule has 202 valence electrons. The van der Waals surface area contributed by atoms with Crippen molar-refractivity contribution in [1.29, 1.82) is 0 Å². The first-order valence-electron chi connectivity index (χ1n) is 14.6. The average molecular weight is 499 g/mol. The van der Waals surface area contributed by atoms with E-state index in [4.69, 9.17) is 0 Å². The molecule has 0 radical (unpaired) electrons. The zero-order valence-electron chi connectivity index (χ0n) is 24.1. The van der Waals surface area contributed by atoms with Gasteiger partial charge < -0.3 is 10.2 Å². The maximum atomic E-state index is 12.8. The van der Waals surface area contributed by atoms with Crippen LogP contribution in [0.15, 0.2) is 11.6 Å². The summed E-state index contributed by atoms with van der Waals surface area (Å²) in [5.41, 5.74) is -0.530. The topological polar surface area (TPSA) is 74.6 Å². The van der Waals surface area contributed by atoms with Crippen LogP contribution in [0.3, 0.4) is 0 Å². The molecule has 0 amide bonds. The van der Waals surface area contributed by atoms with E-state index < -0.39 is 22.4 Å². The fourth-order valence-corrected chi connectivity index (χ4v) is 11.2. The summed E-state index contributed by atoms with van der Waals surface area (Å²) < 4.78 is 0. The normalized spacial score (nSPS) is 51.0. The minimum absolute atomic E-state index is 0.000593. The predicted molar refractivity (Wildman–Crippen MR) is 142 cm³/mol. The van der Waals surface area contributed by atoms with Crippen LogP contribution in [-0.4, -0.2) is 27.6 Å². The molecule has 0 aromatic rings.